The molecule has 2 rings (SSSR count). The van der Waals surface area contributed by atoms with Crippen molar-refractivity contribution in [3.05, 3.63) is 29.8 Å². The van der Waals surface area contributed by atoms with E-state index in [1.54, 1.807) is 7.05 Å². The molecule has 6 heteroatoms. The Kier molecular flexibility index (Phi) is 8.43. The van der Waals surface area contributed by atoms with E-state index in [1.807, 2.05) is 19.2 Å². The van der Waals surface area contributed by atoms with E-state index in [0.717, 1.165) is 50.8 Å². The van der Waals surface area contributed by atoms with Crippen molar-refractivity contribution in [1.29, 1.82) is 0 Å². The van der Waals surface area contributed by atoms with E-state index in [9.17, 15) is 4.79 Å². The molecule has 2 N–H and O–H groups in total. The summed E-state index contributed by atoms with van der Waals surface area (Å²) in [7, 11) is 3.52. The number of carbonyl (C=O) groups is 1. The number of benzene rings is 1. The second kappa shape index (κ2) is 10.8. The summed E-state index contributed by atoms with van der Waals surface area (Å²) in [5.41, 5.74) is 1.20. The first kappa shape index (κ1) is 21.1. The Hall–Kier alpha value is -2.24. The van der Waals surface area contributed by atoms with E-state index >= 15 is 0 Å². The fraction of sp³-hybridized carbons (Fsp3) is 0.619. The number of nitrogens with zero attached hydrogens (tertiary/aromatic N) is 2. The summed E-state index contributed by atoms with van der Waals surface area (Å²) in [5, 5.41) is 6.16. The zero-order valence-electron chi connectivity index (χ0n) is 17.1. The number of hydrogen-bond donors (Lipinski definition) is 2. The molecule has 0 bridgehead atoms. The molecule has 0 radical (unpaired) electrons. The van der Waals surface area contributed by atoms with Crippen molar-refractivity contribution in [2.24, 2.45) is 16.8 Å². The second-order valence-electron chi connectivity index (χ2n) is 7.56. The molecule has 27 heavy (non-hydrogen) atoms. The predicted molar refractivity (Wildman–Crippen MR) is 110 cm³/mol. The van der Waals surface area contributed by atoms with E-state index in [1.165, 1.54) is 5.56 Å². The maximum atomic E-state index is 11.5. The third-order valence-corrected chi connectivity index (χ3v) is 4.84. The van der Waals surface area contributed by atoms with Crippen molar-refractivity contribution in [3.63, 3.8) is 0 Å². The Morgan fingerprint density at radius 1 is 1.26 bits per heavy atom. The smallest absolute Gasteiger partial charge is 0.220 e. The van der Waals surface area contributed by atoms with Crippen molar-refractivity contribution in [2.75, 3.05) is 33.8 Å². The van der Waals surface area contributed by atoms with Gasteiger partial charge in [0.2, 0.25) is 5.91 Å². The molecule has 6 nitrogen and oxygen atoms in total. The molecule has 0 spiro atoms. The number of amides is 1. The molecule has 1 fully saturated rings. The molecule has 1 amide bonds. The number of hydrogen-bond acceptors (Lipinski definition) is 3. The number of rotatable bonds is 7. The van der Waals surface area contributed by atoms with Crippen molar-refractivity contribution in [2.45, 2.75) is 39.7 Å². The minimum absolute atomic E-state index is 0.136. The van der Waals surface area contributed by atoms with E-state index in [4.69, 9.17) is 4.74 Å². The highest BCUT2D eigenvalue weighted by molar-refractivity contribution is 5.80. The van der Waals surface area contributed by atoms with Crippen LogP contribution >= 0.6 is 0 Å². The summed E-state index contributed by atoms with van der Waals surface area (Å²) in [5.74, 6) is 2.97. The molecule has 0 aliphatic carbocycles. The Bertz CT molecular complexity index is 605. The van der Waals surface area contributed by atoms with Gasteiger partial charge in [-0.1, -0.05) is 26.0 Å². The van der Waals surface area contributed by atoms with Gasteiger partial charge in [-0.2, -0.15) is 0 Å². The fourth-order valence-corrected chi connectivity index (χ4v) is 3.19. The molecule has 1 saturated heterocycles. The van der Waals surface area contributed by atoms with Crippen LogP contribution in [0.25, 0.3) is 0 Å². The number of carbonyl (C=O) groups excluding carboxylic acids is 1. The van der Waals surface area contributed by atoms with Gasteiger partial charge in [0.05, 0.1) is 6.61 Å². The van der Waals surface area contributed by atoms with E-state index in [-0.39, 0.29) is 5.91 Å². The van der Waals surface area contributed by atoms with Crippen LogP contribution in [0.4, 0.5) is 0 Å². The molecule has 0 saturated carbocycles. The van der Waals surface area contributed by atoms with Gasteiger partial charge in [-0.3, -0.25) is 9.79 Å². The first-order valence-electron chi connectivity index (χ1n) is 9.89. The first-order chi connectivity index (χ1) is 13.0. The van der Waals surface area contributed by atoms with Gasteiger partial charge in [0, 0.05) is 40.2 Å². The zero-order valence-corrected chi connectivity index (χ0v) is 17.1. The Morgan fingerprint density at radius 3 is 2.48 bits per heavy atom. The van der Waals surface area contributed by atoms with Crippen LogP contribution in [0.15, 0.2) is 29.3 Å². The van der Waals surface area contributed by atoms with Gasteiger partial charge < -0.3 is 20.3 Å². The van der Waals surface area contributed by atoms with Gasteiger partial charge in [-0.05, 0) is 42.4 Å². The molecule has 0 atom stereocenters. The average Bonchev–Trinajstić information content (AvgIpc) is 2.68. The largest absolute Gasteiger partial charge is 0.493 e. The van der Waals surface area contributed by atoms with Crippen molar-refractivity contribution in [1.82, 2.24) is 15.5 Å². The van der Waals surface area contributed by atoms with E-state index in [0.29, 0.717) is 18.3 Å². The SMILES string of the molecule is CN=C(NCc1ccc(OCC(C)C)cc1)N1CCC(CC(=O)NC)CC1. The summed E-state index contributed by atoms with van der Waals surface area (Å²) >= 11 is 0. The summed E-state index contributed by atoms with van der Waals surface area (Å²) in [6.45, 7) is 7.62. The van der Waals surface area contributed by atoms with E-state index in [2.05, 4.69) is 46.5 Å². The number of guanidine groups is 1. The van der Waals surface area contributed by atoms with E-state index < -0.39 is 0 Å². The maximum absolute atomic E-state index is 11.5. The lowest BCUT2D eigenvalue weighted by atomic mass is 9.93. The number of ether oxygens (including phenoxy) is 1. The highest BCUT2D eigenvalue weighted by Gasteiger charge is 2.22. The molecule has 1 aliphatic heterocycles. The summed E-state index contributed by atoms with van der Waals surface area (Å²) in [6, 6.07) is 8.22. The van der Waals surface area contributed by atoms with Crippen LogP contribution in [0.1, 0.15) is 38.7 Å². The molecular formula is C21H34N4O2. The van der Waals surface area contributed by atoms with Crippen molar-refractivity contribution >= 4 is 11.9 Å². The van der Waals surface area contributed by atoms with Crippen LogP contribution in [0.5, 0.6) is 5.75 Å². The van der Waals surface area contributed by atoms with Crippen LogP contribution in [0.3, 0.4) is 0 Å². The Labute approximate surface area is 163 Å². The van der Waals surface area contributed by atoms with Gasteiger partial charge >= 0.3 is 0 Å². The summed E-state index contributed by atoms with van der Waals surface area (Å²) < 4.78 is 5.73. The first-order valence-corrected chi connectivity index (χ1v) is 9.89. The normalized spacial score (nSPS) is 15.7. The topological polar surface area (TPSA) is 66.0 Å². The summed E-state index contributed by atoms with van der Waals surface area (Å²) in [6.07, 6.45) is 2.67. The van der Waals surface area contributed by atoms with Crippen molar-refractivity contribution in [3.8, 4) is 5.75 Å². The van der Waals surface area contributed by atoms with Crippen LogP contribution < -0.4 is 15.4 Å². The van der Waals surface area contributed by atoms with Crippen LogP contribution in [-0.2, 0) is 11.3 Å². The van der Waals surface area contributed by atoms with Gasteiger partial charge in [0.1, 0.15) is 5.75 Å². The number of likely N-dealkylation sites (tertiary alicyclic amines) is 1. The van der Waals surface area contributed by atoms with Crippen molar-refractivity contribution < 1.29 is 9.53 Å². The third kappa shape index (κ3) is 7.12. The van der Waals surface area contributed by atoms with Gasteiger partial charge in [0.15, 0.2) is 5.96 Å². The lowest BCUT2D eigenvalue weighted by Gasteiger charge is -2.34. The third-order valence-electron chi connectivity index (χ3n) is 4.84. The quantitative estimate of drug-likeness (QED) is 0.569. The highest BCUT2D eigenvalue weighted by Crippen LogP contribution is 2.20. The minimum atomic E-state index is 0.136. The summed E-state index contributed by atoms with van der Waals surface area (Å²) in [4.78, 5) is 18.2. The lowest BCUT2D eigenvalue weighted by molar-refractivity contribution is -0.121. The minimum Gasteiger partial charge on any atom is -0.493 e. The van der Waals surface area contributed by atoms with Crippen LogP contribution in [-0.4, -0.2) is 50.6 Å². The molecule has 0 unspecified atom stereocenters. The average molecular weight is 375 g/mol. The molecule has 0 aromatic heterocycles. The van der Waals surface area contributed by atoms with Crippen LogP contribution in [0.2, 0.25) is 0 Å². The Morgan fingerprint density at radius 2 is 1.93 bits per heavy atom. The zero-order chi connectivity index (χ0) is 19.6. The number of aliphatic imine (C=N–C) groups is 1. The molecule has 1 aromatic rings. The molecule has 1 aliphatic rings. The fourth-order valence-electron chi connectivity index (χ4n) is 3.19. The number of piperidine rings is 1. The molecule has 1 heterocycles. The maximum Gasteiger partial charge on any atom is 0.220 e. The highest BCUT2D eigenvalue weighted by atomic mass is 16.5. The monoisotopic (exact) mass is 374 g/mol. The second-order valence-corrected chi connectivity index (χ2v) is 7.56. The predicted octanol–water partition coefficient (Wildman–Crippen LogP) is 2.64. The van der Waals surface area contributed by atoms with Gasteiger partial charge in [0.25, 0.3) is 0 Å². The van der Waals surface area contributed by atoms with Gasteiger partial charge in [-0.15, -0.1) is 0 Å². The molecule has 1 aromatic carbocycles. The lowest BCUT2D eigenvalue weighted by Crippen LogP contribution is -2.45. The molecular weight excluding hydrogens is 340 g/mol. The van der Waals surface area contributed by atoms with Gasteiger partial charge in [-0.25, -0.2) is 0 Å². The molecule has 150 valence electrons. The standard InChI is InChI=1S/C21H34N4O2/c1-16(2)15-27-19-7-5-18(6-8-19)14-24-21(23-4)25-11-9-17(10-12-25)13-20(26)22-3/h5-8,16-17H,9-15H2,1-4H3,(H,22,26)(H,23,24). The van der Waals surface area contributed by atoms with Crippen LogP contribution in [0, 0.1) is 11.8 Å². The Balaban J connectivity index is 1.78. The number of nitrogens with one attached hydrogen (secondary N) is 2.